The van der Waals surface area contributed by atoms with E-state index in [-0.39, 0.29) is 18.1 Å². The summed E-state index contributed by atoms with van der Waals surface area (Å²) >= 11 is 0. The quantitative estimate of drug-likeness (QED) is 0.135. The van der Waals surface area contributed by atoms with E-state index in [0.717, 1.165) is 19.3 Å². The van der Waals surface area contributed by atoms with E-state index in [9.17, 15) is 22.0 Å². The van der Waals surface area contributed by atoms with Gasteiger partial charge in [-0.2, -0.15) is 8.78 Å². The van der Waals surface area contributed by atoms with Gasteiger partial charge in [0.2, 0.25) is 29.1 Å². The molecule has 0 fully saturated rings. The molecule has 0 amide bonds. The van der Waals surface area contributed by atoms with Crippen LogP contribution in [0, 0.1) is 35.0 Å². The molecule has 7 heteroatoms. The van der Waals surface area contributed by atoms with Crippen LogP contribution in [0.3, 0.4) is 0 Å². The normalized spacial score (nSPS) is 13.0. The molecule has 0 aliphatic heterocycles. The van der Waals surface area contributed by atoms with E-state index in [1.54, 1.807) is 7.11 Å². The topological polar surface area (TPSA) is 18.5 Å². The molecular formula is C22H33F5O2. The predicted octanol–water partition coefficient (Wildman–Crippen LogP) is 7.33. The lowest BCUT2D eigenvalue weighted by Gasteiger charge is -2.33. The molecule has 1 atom stereocenters. The van der Waals surface area contributed by atoms with Crippen molar-refractivity contribution >= 4 is 0 Å². The minimum Gasteiger partial charge on any atom is -0.487 e. The minimum atomic E-state index is -2.19. The summed E-state index contributed by atoms with van der Waals surface area (Å²) in [5, 5.41) is 0. The number of benzene rings is 1. The van der Waals surface area contributed by atoms with Gasteiger partial charge in [0.15, 0.2) is 5.75 Å². The Hall–Kier alpha value is -1.37. The summed E-state index contributed by atoms with van der Waals surface area (Å²) in [7, 11) is 1.64. The molecule has 1 rings (SSSR count). The van der Waals surface area contributed by atoms with Crippen LogP contribution < -0.4 is 4.74 Å². The zero-order valence-corrected chi connectivity index (χ0v) is 17.9. The summed E-state index contributed by atoms with van der Waals surface area (Å²) < 4.78 is 77.4. The summed E-state index contributed by atoms with van der Waals surface area (Å²) in [6.45, 7) is 6.00. The Bertz CT molecular complexity index is 605. The summed E-state index contributed by atoms with van der Waals surface area (Å²) in [6.07, 6.45) is 9.05. The van der Waals surface area contributed by atoms with Gasteiger partial charge in [0.05, 0.1) is 12.2 Å². The summed E-state index contributed by atoms with van der Waals surface area (Å²) in [4.78, 5) is 0. The molecule has 0 saturated heterocycles. The highest BCUT2D eigenvalue weighted by molar-refractivity contribution is 5.29. The second-order valence-corrected chi connectivity index (χ2v) is 7.95. The van der Waals surface area contributed by atoms with Gasteiger partial charge in [0.25, 0.3) is 0 Å². The van der Waals surface area contributed by atoms with Gasteiger partial charge in [0.1, 0.15) is 0 Å². The van der Waals surface area contributed by atoms with Gasteiger partial charge in [-0.25, -0.2) is 13.2 Å². The first-order valence-corrected chi connectivity index (χ1v) is 10.4. The first-order valence-electron chi connectivity index (χ1n) is 10.4. The van der Waals surface area contributed by atoms with Crippen molar-refractivity contribution in [2.45, 2.75) is 84.2 Å². The van der Waals surface area contributed by atoms with Crippen LogP contribution in [0.5, 0.6) is 5.75 Å². The molecule has 0 aliphatic carbocycles. The van der Waals surface area contributed by atoms with E-state index in [2.05, 4.69) is 6.92 Å². The van der Waals surface area contributed by atoms with Crippen molar-refractivity contribution in [1.29, 1.82) is 0 Å². The van der Waals surface area contributed by atoms with Crippen molar-refractivity contribution in [2.24, 2.45) is 5.92 Å². The van der Waals surface area contributed by atoms with Gasteiger partial charge in [-0.15, -0.1) is 0 Å². The Morgan fingerprint density at radius 2 is 1.21 bits per heavy atom. The van der Waals surface area contributed by atoms with Gasteiger partial charge in [-0.1, -0.05) is 45.4 Å². The van der Waals surface area contributed by atoms with Crippen LogP contribution in [0.4, 0.5) is 22.0 Å². The number of ether oxygens (including phenoxy) is 2. The molecule has 1 aromatic rings. The monoisotopic (exact) mass is 424 g/mol. The molecule has 0 N–H and O–H groups in total. The Morgan fingerprint density at radius 1 is 0.724 bits per heavy atom. The third-order valence-electron chi connectivity index (χ3n) is 5.53. The second kappa shape index (κ2) is 12.4. The number of halogens is 5. The maximum absolute atomic E-state index is 13.7. The molecule has 0 aromatic heterocycles. The van der Waals surface area contributed by atoms with Crippen molar-refractivity contribution in [3.63, 3.8) is 0 Å². The average Bonchev–Trinajstić information content (AvgIpc) is 2.70. The molecule has 1 aromatic carbocycles. The standard InChI is InChI=1S/C22H33F5O2/c1-5-6-7-8-9-10-12-15(22(2,3)28-4)13-11-14-29-21-19(26)17(24)16(23)18(25)20(21)27/h15H,5-14H2,1-4H3. The lowest BCUT2D eigenvalue weighted by atomic mass is 9.82. The molecule has 0 saturated carbocycles. The molecule has 29 heavy (non-hydrogen) atoms. The summed E-state index contributed by atoms with van der Waals surface area (Å²) in [5.41, 5.74) is -0.381. The van der Waals surface area contributed by atoms with Crippen molar-refractivity contribution in [2.75, 3.05) is 13.7 Å². The molecule has 168 valence electrons. The number of methoxy groups -OCH3 is 1. The molecule has 0 heterocycles. The summed E-state index contributed by atoms with van der Waals surface area (Å²) in [6, 6.07) is 0. The minimum absolute atomic E-state index is 0.148. The lowest BCUT2D eigenvalue weighted by Crippen LogP contribution is -2.33. The first-order chi connectivity index (χ1) is 13.7. The van der Waals surface area contributed by atoms with Gasteiger partial charge in [-0.05, 0) is 39.0 Å². The SMILES string of the molecule is CCCCCCCCC(CCCOc1c(F)c(F)c(F)c(F)c1F)C(C)(C)OC. The van der Waals surface area contributed by atoms with Crippen molar-refractivity contribution < 1.29 is 31.4 Å². The second-order valence-electron chi connectivity index (χ2n) is 7.95. The predicted molar refractivity (Wildman–Crippen MR) is 104 cm³/mol. The third kappa shape index (κ3) is 7.43. The Balaban J connectivity index is 2.59. The highest BCUT2D eigenvalue weighted by Crippen LogP contribution is 2.32. The molecule has 0 aliphatic rings. The Labute approximate surface area is 170 Å². The third-order valence-corrected chi connectivity index (χ3v) is 5.53. The fraction of sp³-hybridized carbons (Fsp3) is 0.727. The van der Waals surface area contributed by atoms with Crippen LogP contribution in [-0.4, -0.2) is 19.3 Å². The van der Waals surface area contributed by atoms with E-state index in [0.29, 0.717) is 12.8 Å². The van der Waals surface area contributed by atoms with Gasteiger partial charge in [-0.3, -0.25) is 0 Å². The molecule has 2 nitrogen and oxygen atoms in total. The van der Waals surface area contributed by atoms with E-state index in [1.807, 2.05) is 13.8 Å². The molecular weight excluding hydrogens is 391 g/mol. The van der Waals surface area contributed by atoms with Crippen LogP contribution in [0.25, 0.3) is 0 Å². The Kier molecular flexibility index (Phi) is 10.9. The average molecular weight is 424 g/mol. The number of hydrogen-bond acceptors (Lipinski definition) is 2. The number of hydrogen-bond donors (Lipinski definition) is 0. The summed E-state index contributed by atoms with van der Waals surface area (Å²) in [5.74, 6) is -11.1. The van der Waals surface area contributed by atoms with Crippen LogP contribution in [0.15, 0.2) is 0 Å². The smallest absolute Gasteiger partial charge is 0.206 e. The fourth-order valence-electron chi connectivity index (χ4n) is 3.39. The molecule has 1 unspecified atom stereocenters. The number of unbranched alkanes of at least 4 members (excludes halogenated alkanes) is 5. The van der Waals surface area contributed by atoms with Crippen LogP contribution in [-0.2, 0) is 4.74 Å². The lowest BCUT2D eigenvalue weighted by molar-refractivity contribution is -0.0359. The van der Waals surface area contributed by atoms with Crippen LogP contribution >= 0.6 is 0 Å². The molecule has 0 bridgehead atoms. The molecule has 0 spiro atoms. The molecule has 0 radical (unpaired) electrons. The van der Waals surface area contributed by atoms with Gasteiger partial charge in [0, 0.05) is 7.11 Å². The maximum Gasteiger partial charge on any atom is 0.206 e. The zero-order chi connectivity index (χ0) is 22.0. The fourth-order valence-corrected chi connectivity index (χ4v) is 3.39. The van der Waals surface area contributed by atoms with Crippen molar-refractivity contribution in [3.8, 4) is 5.75 Å². The highest BCUT2D eigenvalue weighted by atomic mass is 19.2. The highest BCUT2D eigenvalue weighted by Gasteiger charge is 2.29. The zero-order valence-electron chi connectivity index (χ0n) is 17.9. The van der Waals surface area contributed by atoms with Crippen LogP contribution in [0.2, 0.25) is 0 Å². The Morgan fingerprint density at radius 3 is 1.76 bits per heavy atom. The van der Waals surface area contributed by atoms with E-state index in [4.69, 9.17) is 9.47 Å². The van der Waals surface area contributed by atoms with E-state index < -0.39 is 34.8 Å². The van der Waals surface area contributed by atoms with Crippen molar-refractivity contribution in [1.82, 2.24) is 0 Å². The number of rotatable bonds is 14. The van der Waals surface area contributed by atoms with E-state index in [1.165, 1.54) is 25.7 Å². The van der Waals surface area contributed by atoms with Crippen molar-refractivity contribution in [3.05, 3.63) is 29.1 Å². The largest absolute Gasteiger partial charge is 0.487 e. The maximum atomic E-state index is 13.7. The van der Waals surface area contributed by atoms with Gasteiger partial charge < -0.3 is 9.47 Å². The van der Waals surface area contributed by atoms with Crippen LogP contribution in [0.1, 0.15) is 78.6 Å². The van der Waals surface area contributed by atoms with E-state index >= 15 is 0 Å². The van der Waals surface area contributed by atoms with Gasteiger partial charge >= 0.3 is 0 Å². The first kappa shape index (κ1) is 25.7.